The maximum absolute atomic E-state index is 14.5. The van der Waals surface area contributed by atoms with E-state index in [2.05, 4.69) is 34.5 Å². The first kappa shape index (κ1) is 23.6. The topological polar surface area (TPSA) is 41.6 Å². The number of nitrogens with one attached hydrogen (secondary N) is 1. The van der Waals surface area contributed by atoms with Crippen molar-refractivity contribution in [3.05, 3.63) is 101 Å². The van der Waals surface area contributed by atoms with Gasteiger partial charge in [0, 0.05) is 25.2 Å². The summed E-state index contributed by atoms with van der Waals surface area (Å²) in [6.45, 7) is 4.08. The van der Waals surface area contributed by atoms with Crippen molar-refractivity contribution < 1.29 is 13.9 Å². The van der Waals surface area contributed by atoms with Gasteiger partial charge in [0.25, 0.3) is 5.91 Å². The number of carbonyl (C=O) groups excluding carboxylic acids is 1. The molecule has 1 aliphatic carbocycles. The Morgan fingerprint density at radius 3 is 2.60 bits per heavy atom. The molecule has 0 saturated heterocycles. The first-order chi connectivity index (χ1) is 17.1. The molecule has 1 aliphatic heterocycles. The van der Waals surface area contributed by atoms with Crippen molar-refractivity contribution >= 4 is 5.91 Å². The SMILES string of the molecule is CCC(Oc1ccc2c(c1)C(c1ccccc1)N(Cc1ccccc1F)CC2)C(=O)NCC1CC1. The van der Waals surface area contributed by atoms with Crippen LogP contribution in [0.1, 0.15) is 54.5 Å². The molecule has 182 valence electrons. The lowest BCUT2D eigenvalue weighted by Gasteiger charge is -2.38. The first-order valence-electron chi connectivity index (χ1n) is 12.7. The van der Waals surface area contributed by atoms with Gasteiger partial charge in [-0.2, -0.15) is 0 Å². The molecule has 4 nitrogen and oxygen atoms in total. The molecule has 0 radical (unpaired) electrons. The Hall–Kier alpha value is -3.18. The molecule has 5 heteroatoms. The van der Waals surface area contributed by atoms with Crippen molar-refractivity contribution in [3.8, 4) is 5.75 Å². The lowest BCUT2D eigenvalue weighted by Crippen LogP contribution is -2.39. The maximum Gasteiger partial charge on any atom is 0.261 e. The van der Waals surface area contributed by atoms with Crippen LogP contribution in [0.3, 0.4) is 0 Å². The first-order valence-corrected chi connectivity index (χ1v) is 12.7. The van der Waals surface area contributed by atoms with Gasteiger partial charge in [-0.25, -0.2) is 4.39 Å². The van der Waals surface area contributed by atoms with E-state index in [9.17, 15) is 9.18 Å². The van der Waals surface area contributed by atoms with Crippen LogP contribution in [0.4, 0.5) is 4.39 Å². The van der Waals surface area contributed by atoms with Crippen LogP contribution in [-0.2, 0) is 17.8 Å². The normalized spacial score (nSPS) is 18.5. The average molecular weight is 473 g/mol. The van der Waals surface area contributed by atoms with Gasteiger partial charge in [0.05, 0.1) is 6.04 Å². The van der Waals surface area contributed by atoms with Crippen LogP contribution >= 0.6 is 0 Å². The molecule has 2 atom stereocenters. The minimum atomic E-state index is -0.514. The molecule has 2 aliphatic rings. The molecule has 0 spiro atoms. The van der Waals surface area contributed by atoms with E-state index >= 15 is 0 Å². The van der Waals surface area contributed by atoms with E-state index in [1.165, 1.54) is 24.5 Å². The minimum Gasteiger partial charge on any atom is -0.481 e. The summed E-state index contributed by atoms with van der Waals surface area (Å²) in [4.78, 5) is 15.0. The molecule has 1 fully saturated rings. The van der Waals surface area contributed by atoms with Crippen molar-refractivity contribution in [1.29, 1.82) is 0 Å². The number of amides is 1. The van der Waals surface area contributed by atoms with Crippen LogP contribution < -0.4 is 10.1 Å². The minimum absolute atomic E-state index is 0.0214. The van der Waals surface area contributed by atoms with E-state index in [0.29, 0.717) is 30.2 Å². The molecule has 0 bridgehead atoms. The highest BCUT2D eigenvalue weighted by Crippen LogP contribution is 2.38. The van der Waals surface area contributed by atoms with E-state index in [1.807, 2.05) is 43.3 Å². The predicted molar refractivity (Wildman–Crippen MR) is 136 cm³/mol. The van der Waals surface area contributed by atoms with Gasteiger partial charge in [0.2, 0.25) is 0 Å². The maximum atomic E-state index is 14.5. The summed E-state index contributed by atoms with van der Waals surface area (Å²) >= 11 is 0. The molecule has 3 aromatic rings. The van der Waals surface area contributed by atoms with E-state index in [4.69, 9.17) is 4.74 Å². The van der Waals surface area contributed by atoms with E-state index in [1.54, 1.807) is 6.07 Å². The molecule has 2 unspecified atom stereocenters. The van der Waals surface area contributed by atoms with Crippen molar-refractivity contribution in [2.45, 2.75) is 51.3 Å². The van der Waals surface area contributed by atoms with Gasteiger partial charge in [-0.3, -0.25) is 9.69 Å². The summed E-state index contributed by atoms with van der Waals surface area (Å²) in [5, 5.41) is 3.04. The third kappa shape index (κ3) is 5.57. The van der Waals surface area contributed by atoms with Crippen LogP contribution in [0.15, 0.2) is 72.8 Å². The summed E-state index contributed by atoms with van der Waals surface area (Å²) in [5.74, 6) is 1.11. The lowest BCUT2D eigenvalue weighted by molar-refractivity contribution is -0.128. The fraction of sp³-hybridized carbons (Fsp3) is 0.367. The number of benzene rings is 3. The van der Waals surface area contributed by atoms with Crippen molar-refractivity contribution in [2.24, 2.45) is 5.92 Å². The van der Waals surface area contributed by atoms with Gasteiger partial charge >= 0.3 is 0 Å². The molecule has 1 heterocycles. The zero-order valence-corrected chi connectivity index (χ0v) is 20.3. The van der Waals surface area contributed by atoms with Crippen LogP contribution in [0.5, 0.6) is 5.75 Å². The van der Waals surface area contributed by atoms with Crippen LogP contribution in [0.25, 0.3) is 0 Å². The summed E-state index contributed by atoms with van der Waals surface area (Å²) in [6, 6.07) is 23.5. The quantitative estimate of drug-likeness (QED) is 0.437. The number of rotatable bonds is 9. The molecule has 0 aromatic heterocycles. The molecule has 1 N–H and O–H groups in total. The van der Waals surface area contributed by atoms with Crippen molar-refractivity contribution in [1.82, 2.24) is 10.2 Å². The number of fused-ring (bicyclic) bond motifs is 1. The van der Waals surface area contributed by atoms with E-state index < -0.39 is 6.10 Å². The number of carbonyl (C=O) groups is 1. The Morgan fingerprint density at radius 2 is 1.86 bits per heavy atom. The third-order valence-corrected chi connectivity index (χ3v) is 7.10. The number of hydrogen-bond donors (Lipinski definition) is 1. The molecule has 3 aromatic carbocycles. The van der Waals surface area contributed by atoms with Crippen LogP contribution in [-0.4, -0.2) is 30.0 Å². The number of nitrogens with zero attached hydrogens (tertiary/aromatic N) is 1. The predicted octanol–water partition coefficient (Wildman–Crippen LogP) is 5.66. The van der Waals surface area contributed by atoms with Gasteiger partial charge in [0.1, 0.15) is 11.6 Å². The largest absolute Gasteiger partial charge is 0.481 e. The molecule has 5 rings (SSSR count). The highest BCUT2D eigenvalue weighted by Gasteiger charge is 2.30. The summed E-state index contributed by atoms with van der Waals surface area (Å²) in [6.07, 6.45) is 3.38. The van der Waals surface area contributed by atoms with Gasteiger partial charge in [-0.05, 0) is 66.5 Å². The Kier molecular flexibility index (Phi) is 7.14. The van der Waals surface area contributed by atoms with Crippen molar-refractivity contribution in [3.63, 3.8) is 0 Å². The fourth-order valence-electron chi connectivity index (χ4n) is 4.93. The Bertz CT molecular complexity index is 1160. The van der Waals surface area contributed by atoms with Gasteiger partial charge in [0.15, 0.2) is 6.10 Å². The molecular formula is C30H33FN2O2. The lowest BCUT2D eigenvalue weighted by atomic mass is 9.87. The second-order valence-corrected chi connectivity index (χ2v) is 9.69. The Labute approximate surface area is 207 Å². The summed E-state index contributed by atoms with van der Waals surface area (Å²) in [5.41, 5.74) is 4.28. The van der Waals surface area contributed by atoms with E-state index in [-0.39, 0.29) is 17.8 Å². The van der Waals surface area contributed by atoms with Gasteiger partial charge < -0.3 is 10.1 Å². The molecule has 1 amide bonds. The second-order valence-electron chi connectivity index (χ2n) is 9.69. The second kappa shape index (κ2) is 10.6. The van der Waals surface area contributed by atoms with E-state index in [0.717, 1.165) is 30.6 Å². The molecule has 1 saturated carbocycles. The smallest absolute Gasteiger partial charge is 0.261 e. The summed E-state index contributed by atoms with van der Waals surface area (Å²) < 4.78 is 20.7. The van der Waals surface area contributed by atoms with Crippen LogP contribution in [0, 0.1) is 11.7 Å². The molecule has 35 heavy (non-hydrogen) atoms. The monoisotopic (exact) mass is 472 g/mol. The standard InChI is InChI=1S/C30H33FN2O2/c1-2-28(30(34)32-19-21-12-13-21)35-25-15-14-22-16-17-33(20-24-10-6-7-11-27(24)31)29(26(22)18-25)23-8-4-3-5-9-23/h3-11,14-15,18,21,28-29H,2,12-13,16-17,19-20H2,1H3,(H,32,34). The molecular weight excluding hydrogens is 439 g/mol. The van der Waals surface area contributed by atoms with Gasteiger partial charge in [-0.1, -0.05) is 61.5 Å². The number of ether oxygens (including phenoxy) is 1. The Morgan fingerprint density at radius 1 is 1.09 bits per heavy atom. The number of halogens is 1. The average Bonchev–Trinajstić information content (AvgIpc) is 3.72. The fourth-order valence-corrected chi connectivity index (χ4v) is 4.93. The van der Waals surface area contributed by atoms with Crippen LogP contribution in [0.2, 0.25) is 0 Å². The third-order valence-electron chi connectivity index (χ3n) is 7.10. The summed E-state index contributed by atoms with van der Waals surface area (Å²) in [7, 11) is 0. The number of hydrogen-bond acceptors (Lipinski definition) is 3. The van der Waals surface area contributed by atoms with Gasteiger partial charge in [-0.15, -0.1) is 0 Å². The van der Waals surface area contributed by atoms with Crippen molar-refractivity contribution in [2.75, 3.05) is 13.1 Å². The Balaban J connectivity index is 1.42. The highest BCUT2D eigenvalue weighted by atomic mass is 19.1. The zero-order chi connectivity index (χ0) is 24.2. The highest BCUT2D eigenvalue weighted by molar-refractivity contribution is 5.81. The zero-order valence-electron chi connectivity index (χ0n) is 20.3.